The van der Waals surface area contributed by atoms with Crippen LogP contribution in [0.1, 0.15) is 0 Å². The third-order valence-electron chi connectivity index (χ3n) is 2.81. The van der Waals surface area contributed by atoms with Crippen molar-refractivity contribution in [2.75, 3.05) is 19.8 Å². The molecule has 7 heteroatoms. The van der Waals surface area contributed by atoms with Crippen LogP contribution < -0.4 is 5.73 Å². The first-order chi connectivity index (χ1) is 9.80. The van der Waals surface area contributed by atoms with Gasteiger partial charge >= 0.3 is 0 Å². The normalized spacial score (nSPS) is 11.8. The SMILES string of the molecule is CN(C)S(=O)(=O)c1ccc(N)c(Sc2ccc(Cl)cc2)c1. The fraction of sp³-hybridized carbons (Fsp3) is 0.143. The number of hydrogen-bond donors (Lipinski definition) is 1. The lowest BCUT2D eigenvalue weighted by Crippen LogP contribution is -2.22. The second kappa shape index (κ2) is 6.27. The maximum absolute atomic E-state index is 12.2. The van der Waals surface area contributed by atoms with E-state index in [1.807, 2.05) is 12.1 Å². The number of halogens is 1. The Hall–Kier alpha value is -1.21. The Bertz CT molecular complexity index is 744. The van der Waals surface area contributed by atoms with Gasteiger partial charge in [0, 0.05) is 34.6 Å². The van der Waals surface area contributed by atoms with Gasteiger partial charge in [0.25, 0.3) is 0 Å². The van der Waals surface area contributed by atoms with Crippen molar-refractivity contribution in [1.29, 1.82) is 0 Å². The van der Waals surface area contributed by atoms with E-state index in [1.54, 1.807) is 24.3 Å². The number of rotatable bonds is 4. The van der Waals surface area contributed by atoms with Gasteiger partial charge in [0.2, 0.25) is 10.0 Å². The molecular weight excluding hydrogens is 328 g/mol. The Labute approximate surface area is 134 Å². The molecule has 0 fully saturated rings. The smallest absolute Gasteiger partial charge is 0.242 e. The third kappa shape index (κ3) is 3.71. The third-order valence-corrected chi connectivity index (χ3v) is 5.95. The molecule has 0 bridgehead atoms. The Balaban J connectivity index is 2.38. The van der Waals surface area contributed by atoms with Gasteiger partial charge in [0.05, 0.1) is 4.90 Å². The van der Waals surface area contributed by atoms with Crippen molar-refractivity contribution in [3.05, 3.63) is 47.5 Å². The van der Waals surface area contributed by atoms with Crippen LogP contribution >= 0.6 is 23.4 Å². The minimum absolute atomic E-state index is 0.221. The molecule has 0 saturated carbocycles. The van der Waals surface area contributed by atoms with E-state index in [2.05, 4.69) is 0 Å². The van der Waals surface area contributed by atoms with Crippen LogP contribution in [0.4, 0.5) is 5.69 Å². The molecule has 0 atom stereocenters. The van der Waals surface area contributed by atoms with Gasteiger partial charge < -0.3 is 5.73 Å². The molecule has 0 saturated heterocycles. The summed E-state index contributed by atoms with van der Waals surface area (Å²) in [5.74, 6) is 0. The summed E-state index contributed by atoms with van der Waals surface area (Å²) in [5.41, 5.74) is 6.47. The van der Waals surface area contributed by atoms with Crippen LogP contribution in [-0.2, 0) is 10.0 Å². The quantitative estimate of drug-likeness (QED) is 0.866. The summed E-state index contributed by atoms with van der Waals surface area (Å²) in [6.07, 6.45) is 0. The first kappa shape index (κ1) is 16.2. The number of nitrogen functional groups attached to an aromatic ring is 1. The molecule has 0 aromatic heterocycles. The highest BCUT2D eigenvalue weighted by Gasteiger charge is 2.18. The predicted octanol–water partition coefficient (Wildman–Crippen LogP) is 3.32. The van der Waals surface area contributed by atoms with Gasteiger partial charge in [-0.15, -0.1) is 0 Å². The molecule has 2 aromatic rings. The molecule has 4 nitrogen and oxygen atoms in total. The van der Waals surface area contributed by atoms with Gasteiger partial charge in [-0.3, -0.25) is 0 Å². The van der Waals surface area contributed by atoms with E-state index in [0.717, 1.165) is 4.90 Å². The molecular formula is C14H15ClN2O2S2. The molecule has 0 spiro atoms. The topological polar surface area (TPSA) is 63.4 Å². The zero-order chi connectivity index (χ0) is 15.6. The minimum atomic E-state index is -3.47. The first-order valence-electron chi connectivity index (χ1n) is 6.06. The zero-order valence-corrected chi connectivity index (χ0v) is 14.0. The summed E-state index contributed by atoms with van der Waals surface area (Å²) >= 11 is 7.25. The molecule has 0 amide bonds. The molecule has 0 aliphatic heterocycles. The standard InChI is InChI=1S/C14H15ClN2O2S2/c1-17(2)21(18,19)12-7-8-13(16)14(9-12)20-11-5-3-10(15)4-6-11/h3-9H,16H2,1-2H3. The highest BCUT2D eigenvalue weighted by Crippen LogP contribution is 2.34. The molecule has 0 radical (unpaired) electrons. The molecule has 2 rings (SSSR count). The average Bonchev–Trinajstić information content (AvgIpc) is 2.43. The summed E-state index contributed by atoms with van der Waals surface area (Å²) in [4.78, 5) is 1.85. The number of nitrogens with two attached hydrogens (primary N) is 1. The Kier molecular flexibility index (Phi) is 4.83. The Morgan fingerprint density at radius 1 is 1.10 bits per heavy atom. The van der Waals surface area contributed by atoms with E-state index < -0.39 is 10.0 Å². The molecule has 112 valence electrons. The van der Waals surface area contributed by atoms with Crippen LogP contribution in [0.3, 0.4) is 0 Å². The molecule has 0 aliphatic carbocycles. The maximum Gasteiger partial charge on any atom is 0.242 e. The number of anilines is 1. The maximum atomic E-state index is 12.2. The summed E-state index contributed by atoms with van der Waals surface area (Å²) in [5, 5.41) is 0.649. The average molecular weight is 343 g/mol. The lowest BCUT2D eigenvalue weighted by Gasteiger charge is -2.13. The second-order valence-corrected chi connectivity index (χ2v) is 8.25. The largest absolute Gasteiger partial charge is 0.398 e. The summed E-state index contributed by atoms with van der Waals surface area (Å²) in [6.45, 7) is 0. The van der Waals surface area contributed by atoms with E-state index >= 15 is 0 Å². The number of nitrogens with zero attached hydrogens (tertiary/aromatic N) is 1. The van der Waals surface area contributed by atoms with E-state index in [1.165, 1.54) is 36.2 Å². The van der Waals surface area contributed by atoms with Crippen molar-refractivity contribution in [2.45, 2.75) is 14.7 Å². The summed E-state index contributed by atoms with van der Waals surface area (Å²) < 4.78 is 25.5. The van der Waals surface area contributed by atoms with Gasteiger partial charge in [0.1, 0.15) is 0 Å². The van der Waals surface area contributed by atoms with Crippen molar-refractivity contribution < 1.29 is 8.42 Å². The van der Waals surface area contributed by atoms with Gasteiger partial charge in [-0.25, -0.2) is 12.7 Å². The lowest BCUT2D eigenvalue weighted by atomic mass is 10.3. The fourth-order valence-electron chi connectivity index (χ4n) is 1.60. The molecule has 21 heavy (non-hydrogen) atoms. The van der Waals surface area contributed by atoms with Crippen LogP contribution in [0, 0.1) is 0 Å². The van der Waals surface area contributed by atoms with E-state index in [4.69, 9.17) is 17.3 Å². The minimum Gasteiger partial charge on any atom is -0.398 e. The van der Waals surface area contributed by atoms with Crippen molar-refractivity contribution in [2.24, 2.45) is 0 Å². The molecule has 2 N–H and O–H groups in total. The summed E-state index contributed by atoms with van der Waals surface area (Å²) in [6, 6.07) is 12.0. The van der Waals surface area contributed by atoms with Crippen LogP contribution in [0.5, 0.6) is 0 Å². The van der Waals surface area contributed by atoms with Crippen LogP contribution in [-0.4, -0.2) is 26.8 Å². The van der Waals surface area contributed by atoms with Crippen molar-refractivity contribution >= 4 is 39.1 Å². The van der Waals surface area contributed by atoms with Gasteiger partial charge in [-0.2, -0.15) is 0 Å². The number of sulfonamides is 1. The van der Waals surface area contributed by atoms with E-state index in [-0.39, 0.29) is 4.90 Å². The second-order valence-electron chi connectivity index (χ2n) is 4.54. The zero-order valence-electron chi connectivity index (χ0n) is 11.6. The van der Waals surface area contributed by atoms with Crippen molar-refractivity contribution in [1.82, 2.24) is 4.31 Å². The van der Waals surface area contributed by atoms with E-state index in [9.17, 15) is 8.42 Å². The summed E-state index contributed by atoms with van der Waals surface area (Å²) in [7, 11) is -0.476. The van der Waals surface area contributed by atoms with Gasteiger partial charge in [-0.05, 0) is 42.5 Å². The fourth-order valence-corrected chi connectivity index (χ4v) is 3.63. The predicted molar refractivity (Wildman–Crippen MR) is 87.3 cm³/mol. The Morgan fingerprint density at radius 2 is 1.71 bits per heavy atom. The number of benzene rings is 2. The number of hydrogen-bond acceptors (Lipinski definition) is 4. The van der Waals surface area contributed by atoms with Gasteiger partial charge in [0.15, 0.2) is 0 Å². The van der Waals surface area contributed by atoms with Gasteiger partial charge in [-0.1, -0.05) is 23.4 Å². The van der Waals surface area contributed by atoms with Crippen LogP contribution in [0.25, 0.3) is 0 Å². The van der Waals surface area contributed by atoms with Crippen molar-refractivity contribution in [3.63, 3.8) is 0 Å². The van der Waals surface area contributed by atoms with E-state index in [0.29, 0.717) is 15.6 Å². The highest BCUT2D eigenvalue weighted by molar-refractivity contribution is 7.99. The van der Waals surface area contributed by atoms with Crippen LogP contribution in [0.15, 0.2) is 57.2 Å². The molecule has 0 heterocycles. The monoisotopic (exact) mass is 342 g/mol. The molecule has 0 aliphatic rings. The molecule has 2 aromatic carbocycles. The first-order valence-corrected chi connectivity index (χ1v) is 8.69. The van der Waals surface area contributed by atoms with Crippen molar-refractivity contribution in [3.8, 4) is 0 Å². The lowest BCUT2D eigenvalue weighted by molar-refractivity contribution is 0.520. The van der Waals surface area contributed by atoms with Crippen LogP contribution in [0.2, 0.25) is 5.02 Å². The molecule has 0 unspecified atom stereocenters. The Morgan fingerprint density at radius 3 is 2.29 bits per heavy atom. The highest BCUT2D eigenvalue weighted by atomic mass is 35.5.